The number of rotatable bonds is 5. The molecule has 3 N–H and O–H groups in total. The topological polar surface area (TPSA) is 120 Å². The van der Waals surface area contributed by atoms with Crippen LogP contribution in [-0.2, 0) is 6.61 Å². The van der Waals surface area contributed by atoms with Crippen LogP contribution in [0.3, 0.4) is 0 Å². The first-order valence-electron chi connectivity index (χ1n) is 5.85. The smallest absolute Gasteiger partial charge is 0.406 e. The Morgan fingerprint density at radius 1 is 1.62 bits per heavy atom. The number of hydrogen-bond acceptors (Lipinski definition) is 7. The van der Waals surface area contributed by atoms with E-state index in [1.807, 2.05) is 6.92 Å². The minimum Gasteiger partial charge on any atom is -0.481 e. The van der Waals surface area contributed by atoms with Gasteiger partial charge in [0, 0.05) is 10.4 Å². The first-order valence-corrected chi connectivity index (χ1v) is 6.67. The summed E-state index contributed by atoms with van der Waals surface area (Å²) in [7, 11) is 0. The Bertz CT molecular complexity index is 686. The van der Waals surface area contributed by atoms with Gasteiger partial charge in [0.15, 0.2) is 0 Å². The Morgan fingerprint density at radius 2 is 2.38 bits per heavy atom. The van der Waals surface area contributed by atoms with Gasteiger partial charge in [0.25, 0.3) is 5.91 Å². The van der Waals surface area contributed by atoms with Gasteiger partial charge in [0.05, 0.1) is 4.88 Å². The van der Waals surface area contributed by atoms with E-state index in [-0.39, 0.29) is 24.1 Å². The van der Waals surface area contributed by atoms with Gasteiger partial charge in [-0.25, -0.2) is 5.84 Å². The number of aryl methyl sites for hydroxylation is 1. The van der Waals surface area contributed by atoms with Gasteiger partial charge < -0.3 is 14.9 Å². The van der Waals surface area contributed by atoms with Gasteiger partial charge in [0.1, 0.15) is 12.8 Å². The van der Waals surface area contributed by atoms with Gasteiger partial charge in [-0.05, 0) is 35.0 Å². The molecule has 0 fully saturated rings. The van der Waals surface area contributed by atoms with E-state index in [4.69, 9.17) is 10.6 Å². The summed E-state index contributed by atoms with van der Waals surface area (Å²) in [6.07, 6.45) is 1.32. The van der Waals surface area contributed by atoms with Crippen molar-refractivity contribution in [2.75, 3.05) is 0 Å². The zero-order valence-electron chi connectivity index (χ0n) is 11.0. The van der Waals surface area contributed by atoms with Crippen LogP contribution in [0.1, 0.15) is 20.1 Å². The summed E-state index contributed by atoms with van der Waals surface area (Å²) >= 11 is 1.27. The number of pyridine rings is 1. The average molecular weight is 308 g/mol. The molecule has 2 aromatic rings. The highest BCUT2D eigenvalue weighted by atomic mass is 32.1. The van der Waals surface area contributed by atoms with Crippen molar-refractivity contribution in [2.45, 2.75) is 13.5 Å². The third-order valence-electron chi connectivity index (χ3n) is 2.68. The van der Waals surface area contributed by atoms with Crippen LogP contribution in [0.4, 0.5) is 5.82 Å². The van der Waals surface area contributed by atoms with E-state index in [9.17, 15) is 14.9 Å². The fraction of sp³-hybridized carbons (Fsp3) is 0.167. The highest BCUT2D eigenvalue weighted by Gasteiger charge is 2.17. The number of nitrogens with zero attached hydrogens (tertiary/aromatic N) is 2. The van der Waals surface area contributed by atoms with Crippen molar-refractivity contribution in [3.63, 3.8) is 0 Å². The minimum atomic E-state index is -0.608. The van der Waals surface area contributed by atoms with Crippen LogP contribution in [0.5, 0.6) is 5.75 Å². The lowest BCUT2D eigenvalue weighted by molar-refractivity contribution is -0.390. The van der Waals surface area contributed by atoms with E-state index in [0.29, 0.717) is 4.88 Å². The molecule has 0 spiro atoms. The lowest BCUT2D eigenvalue weighted by Gasteiger charge is -2.05. The molecule has 0 saturated carbocycles. The number of nitrogen functional groups attached to an aromatic ring is 1. The molecule has 2 aromatic heterocycles. The van der Waals surface area contributed by atoms with E-state index in [0.717, 1.165) is 10.4 Å². The number of aromatic nitrogens is 1. The molecule has 0 radical (unpaired) electrons. The summed E-state index contributed by atoms with van der Waals surface area (Å²) in [6.45, 7) is 1.93. The van der Waals surface area contributed by atoms with Gasteiger partial charge in [-0.2, -0.15) is 0 Å². The Labute approximate surface area is 123 Å². The summed E-state index contributed by atoms with van der Waals surface area (Å²) in [4.78, 5) is 26.6. The highest BCUT2D eigenvalue weighted by Crippen LogP contribution is 2.26. The first kappa shape index (κ1) is 14.9. The molecule has 21 heavy (non-hydrogen) atoms. The number of hydrazine groups is 1. The molecular formula is C12H12N4O4S. The Kier molecular flexibility index (Phi) is 4.45. The minimum absolute atomic E-state index is 0.0814. The predicted molar refractivity (Wildman–Crippen MR) is 75.9 cm³/mol. The molecule has 0 saturated heterocycles. The SMILES string of the molecule is Cc1sc(C(=O)NN)cc1COc1cccnc1[N+](=O)[O-]. The van der Waals surface area contributed by atoms with Gasteiger partial charge >= 0.3 is 5.82 Å². The normalized spacial score (nSPS) is 10.2. The first-order chi connectivity index (χ1) is 10.0. The molecule has 110 valence electrons. The van der Waals surface area contributed by atoms with Crippen molar-refractivity contribution in [3.05, 3.63) is 49.8 Å². The fourth-order valence-corrected chi connectivity index (χ4v) is 2.57. The summed E-state index contributed by atoms with van der Waals surface area (Å²) in [6, 6.07) is 4.67. The molecule has 8 nitrogen and oxygen atoms in total. The number of ether oxygens (including phenoxy) is 1. The van der Waals surface area contributed by atoms with Crippen LogP contribution in [0.2, 0.25) is 0 Å². The number of amides is 1. The van der Waals surface area contributed by atoms with Crippen LogP contribution in [0.15, 0.2) is 24.4 Å². The van der Waals surface area contributed by atoms with Gasteiger partial charge in [-0.3, -0.25) is 10.2 Å². The maximum absolute atomic E-state index is 11.4. The summed E-state index contributed by atoms with van der Waals surface area (Å²) < 4.78 is 5.43. The number of nitro groups is 1. The molecule has 9 heteroatoms. The number of carbonyl (C=O) groups excluding carboxylic acids is 1. The lowest BCUT2D eigenvalue weighted by Crippen LogP contribution is -2.29. The fourth-order valence-electron chi connectivity index (χ4n) is 1.63. The summed E-state index contributed by atoms with van der Waals surface area (Å²) in [5.41, 5.74) is 2.81. The van der Waals surface area contributed by atoms with Crippen molar-refractivity contribution in [2.24, 2.45) is 5.84 Å². The Morgan fingerprint density at radius 3 is 3.05 bits per heavy atom. The maximum Gasteiger partial charge on any atom is 0.406 e. The lowest BCUT2D eigenvalue weighted by atomic mass is 10.2. The number of nitrogens with one attached hydrogen (secondary N) is 1. The van der Waals surface area contributed by atoms with Crippen molar-refractivity contribution >= 4 is 23.1 Å². The second kappa shape index (κ2) is 6.29. The molecule has 0 bridgehead atoms. The standard InChI is InChI=1S/C12H12N4O4S/c1-7-8(5-10(21-7)12(17)15-13)6-20-9-3-2-4-14-11(9)16(18)19/h2-5H,6,13H2,1H3,(H,15,17). The van der Waals surface area contributed by atoms with Crippen molar-refractivity contribution in [3.8, 4) is 5.75 Å². The molecule has 0 aliphatic heterocycles. The third kappa shape index (κ3) is 3.33. The van der Waals surface area contributed by atoms with Crippen molar-refractivity contribution < 1.29 is 14.5 Å². The maximum atomic E-state index is 11.4. The zero-order valence-corrected chi connectivity index (χ0v) is 11.8. The largest absolute Gasteiger partial charge is 0.481 e. The predicted octanol–water partition coefficient (Wildman–Crippen LogP) is 1.54. The second-order valence-electron chi connectivity index (χ2n) is 4.04. The van der Waals surface area contributed by atoms with Gasteiger partial charge in [0.2, 0.25) is 5.75 Å². The van der Waals surface area contributed by atoms with Crippen molar-refractivity contribution in [1.29, 1.82) is 0 Å². The summed E-state index contributed by atoms with van der Waals surface area (Å²) in [5.74, 6) is 4.43. The van der Waals surface area contributed by atoms with Crippen LogP contribution in [0, 0.1) is 17.0 Å². The quantitative estimate of drug-likeness (QED) is 0.374. The molecule has 1 amide bonds. The molecule has 0 aliphatic rings. The molecule has 0 atom stereocenters. The van der Waals surface area contributed by atoms with Crippen LogP contribution in [0.25, 0.3) is 0 Å². The molecule has 0 aromatic carbocycles. The van der Waals surface area contributed by atoms with Crippen LogP contribution >= 0.6 is 11.3 Å². The monoisotopic (exact) mass is 308 g/mol. The van der Waals surface area contributed by atoms with E-state index in [1.54, 1.807) is 12.1 Å². The van der Waals surface area contributed by atoms with Gasteiger partial charge in [-0.15, -0.1) is 11.3 Å². The number of carbonyl (C=O) groups is 1. The van der Waals surface area contributed by atoms with Crippen LogP contribution in [-0.4, -0.2) is 15.8 Å². The van der Waals surface area contributed by atoms with E-state index < -0.39 is 4.92 Å². The molecule has 2 rings (SSSR count). The number of nitrogens with two attached hydrogens (primary N) is 1. The Balaban J connectivity index is 2.15. The number of hydrogen-bond donors (Lipinski definition) is 2. The molecule has 2 heterocycles. The molecule has 0 unspecified atom stereocenters. The highest BCUT2D eigenvalue weighted by molar-refractivity contribution is 7.14. The zero-order chi connectivity index (χ0) is 15.4. The summed E-state index contributed by atoms with van der Waals surface area (Å²) in [5, 5.41) is 10.8. The second-order valence-corrected chi connectivity index (χ2v) is 5.29. The molecule has 0 aliphatic carbocycles. The number of thiophene rings is 1. The Hall–Kier alpha value is -2.52. The van der Waals surface area contributed by atoms with Crippen molar-refractivity contribution in [1.82, 2.24) is 10.4 Å². The molecular weight excluding hydrogens is 296 g/mol. The van der Waals surface area contributed by atoms with Gasteiger partial charge in [-0.1, -0.05) is 0 Å². The van der Waals surface area contributed by atoms with E-state index >= 15 is 0 Å². The third-order valence-corrected chi connectivity index (χ3v) is 3.77. The average Bonchev–Trinajstić information content (AvgIpc) is 2.85. The van der Waals surface area contributed by atoms with Crippen LogP contribution < -0.4 is 16.0 Å². The van der Waals surface area contributed by atoms with E-state index in [1.165, 1.54) is 23.6 Å². The van der Waals surface area contributed by atoms with E-state index in [2.05, 4.69) is 10.4 Å².